The molecular formula is C12H18BrNO2S2. The number of hydrogen-bond acceptors (Lipinski definition) is 3. The van der Waals surface area contributed by atoms with Crippen molar-refractivity contribution in [2.75, 3.05) is 12.8 Å². The summed E-state index contributed by atoms with van der Waals surface area (Å²) in [5.41, 5.74) is 1.04. The maximum atomic E-state index is 12.1. The van der Waals surface area contributed by atoms with Gasteiger partial charge in [0, 0.05) is 13.6 Å². The van der Waals surface area contributed by atoms with Gasteiger partial charge in [-0.1, -0.05) is 19.3 Å². The molecule has 1 saturated carbocycles. The molecule has 18 heavy (non-hydrogen) atoms. The predicted molar refractivity (Wildman–Crippen MR) is 79.2 cm³/mol. The highest BCUT2D eigenvalue weighted by molar-refractivity contribution is 9.11. The third-order valence-electron chi connectivity index (χ3n) is 3.51. The largest absolute Gasteiger partial charge is 0.214 e. The lowest BCUT2D eigenvalue weighted by Gasteiger charge is -2.26. The molecule has 0 N–H and O–H groups in total. The minimum absolute atomic E-state index is 0.291. The Bertz CT molecular complexity index is 494. The van der Waals surface area contributed by atoms with Gasteiger partial charge in [0.1, 0.15) is 0 Å². The van der Waals surface area contributed by atoms with E-state index in [4.69, 9.17) is 0 Å². The summed E-state index contributed by atoms with van der Waals surface area (Å²) in [7, 11) is -1.43. The van der Waals surface area contributed by atoms with E-state index in [1.165, 1.54) is 23.6 Å². The smallest absolute Gasteiger partial charge is 0.212 e. The zero-order chi connectivity index (χ0) is 13.2. The minimum atomic E-state index is -3.10. The summed E-state index contributed by atoms with van der Waals surface area (Å²) < 4.78 is 26.7. The average molecular weight is 352 g/mol. The van der Waals surface area contributed by atoms with Crippen molar-refractivity contribution in [1.29, 1.82) is 0 Å². The van der Waals surface area contributed by atoms with Gasteiger partial charge in [-0.25, -0.2) is 12.7 Å². The molecule has 0 saturated heterocycles. The van der Waals surface area contributed by atoms with Crippen molar-refractivity contribution in [1.82, 2.24) is 4.31 Å². The molecule has 3 nitrogen and oxygen atoms in total. The van der Waals surface area contributed by atoms with E-state index >= 15 is 0 Å². The third kappa shape index (κ3) is 3.79. The number of thiophene rings is 1. The van der Waals surface area contributed by atoms with E-state index in [1.54, 1.807) is 18.4 Å². The summed E-state index contributed by atoms with van der Waals surface area (Å²) in [5, 5.41) is 1.99. The molecule has 2 rings (SSSR count). The highest BCUT2D eigenvalue weighted by Crippen LogP contribution is 2.30. The monoisotopic (exact) mass is 351 g/mol. The molecule has 1 aliphatic carbocycles. The van der Waals surface area contributed by atoms with Crippen molar-refractivity contribution < 1.29 is 8.42 Å². The normalized spacial score (nSPS) is 17.1. The number of sulfonamides is 1. The fraction of sp³-hybridized carbons (Fsp3) is 0.667. The lowest BCUT2D eigenvalue weighted by atomic mass is 9.84. The van der Waals surface area contributed by atoms with E-state index in [0.29, 0.717) is 18.2 Å². The van der Waals surface area contributed by atoms with Gasteiger partial charge in [0.25, 0.3) is 0 Å². The van der Waals surface area contributed by atoms with Gasteiger partial charge >= 0.3 is 0 Å². The summed E-state index contributed by atoms with van der Waals surface area (Å²) in [6.07, 6.45) is 4.50. The third-order valence-corrected chi connectivity index (χ3v) is 6.89. The van der Waals surface area contributed by atoms with Gasteiger partial charge in [-0.3, -0.25) is 0 Å². The molecule has 0 bridgehead atoms. The highest BCUT2D eigenvalue weighted by Gasteiger charge is 2.23. The first-order valence-electron chi connectivity index (χ1n) is 6.14. The SMILES string of the molecule is CN(Cc1csc(Br)c1)S(=O)(=O)CCC1CCC1. The zero-order valence-corrected chi connectivity index (χ0v) is 13.7. The summed E-state index contributed by atoms with van der Waals surface area (Å²) in [5.74, 6) is 0.933. The van der Waals surface area contributed by atoms with Crippen LogP contribution >= 0.6 is 27.3 Å². The molecule has 0 unspecified atom stereocenters. The van der Waals surface area contributed by atoms with Crippen molar-refractivity contribution in [3.8, 4) is 0 Å². The van der Waals surface area contributed by atoms with Gasteiger partial charge in [0.05, 0.1) is 9.54 Å². The maximum Gasteiger partial charge on any atom is 0.214 e. The second-order valence-electron chi connectivity index (χ2n) is 4.92. The van der Waals surface area contributed by atoms with E-state index in [2.05, 4.69) is 15.9 Å². The molecule has 0 atom stereocenters. The van der Waals surface area contributed by atoms with Crippen LogP contribution < -0.4 is 0 Å². The van der Waals surface area contributed by atoms with E-state index < -0.39 is 10.0 Å². The molecule has 1 aromatic heterocycles. The second-order valence-corrected chi connectivity index (χ2v) is 9.40. The fourth-order valence-electron chi connectivity index (χ4n) is 2.04. The topological polar surface area (TPSA) is 37.4 Å². The molecule has 1 heterocycles. The fourth-order valence-corrected chi connectivity index (χ4v) is 4.53. The Morgan fingerprint density at radius 1 is 1.50 bits per heavy atom. The summed E-state index contributed by atoms with van der Waals surface area (Å²) >= 11 is 4.97. The first kappa shape index (κ1) is 14.5. The van der Waals surface area contributed by atoms with Crippen LogP contribution in [0.3, 0.4) is 0 Å². The van der Waals surface area contributed by atoms with Crippen LogP contribution in [0.25, 0.3) is 0 Å². The Morgan fingerprint density at radius 2 is 2.22 bits per heavy atom. The Balaban J connectivity index is 1.87. The first-order chi connectivity index (χ1) is 8.47. The van der Waals surface area contributed by atoms with Crippen LogP contribution in [0.15, 0.2) is 15.2 Å². The minimum Gasteiger partial charge on any atom is -0.212 e. The summed E-state index contributed by atoms with van der Waals surface area (Å²) in [4.78, 5) is 0. The van der Waals surface area contributed by atoms with Crippen LogP contribution in [0.5, 0.6) is 0 Å². The maximum absolute atomic E-state index is 12.1. The number of hydrogen-bond donors (Lipinski definition) is 0. The van der Waals surface area contributed by atoms with Crippen molar-refractivity contribution in [3.05, 3.63) is 20.8 Å². The predicted octanol–water partition coefficient (Wildman–Crippen LogP) is 3.46. The molecule has 0 radical (unpaired) electrons. The van der Waals surface area contributed by atoms with Crippen LogP contribution in [0.2, 0.25) is 0 Å². The lowest BCUT2D eigenvalue weighted by molar-refractivity contribution is 0.305. The Kier molecular flexibility index (Phi) is 4.86. The van der Waals surface area contributed by atoms with Crippen LogP contribution in [0.1, 0.15) is 31.2 Å². The molecule has 1 fully saturated rings. The van der Waals surface area contributed by atoms with Crippen molar-refractivity contribution >= 4 is 37.3 Å². The Labute approximate surface area is 121 Å². The van der Waals surface area contributed by atoms with E-state index in [-0.39, 0.29) is 0 Å². The standard InChI is InChI=1S/C12H18BrNO2S2/c1-14(8-11-7-12(13)17-9-11)18(15,16)6-5-10-3-2-4-10/h7,9-10H,2-6,8H2,1H3. The van der Waals surface area contributed by atoms with E-state index in [0.717, 1.165) is 15.8 Å². The number of rotatable bonds is 6. The molecule has 1 aromatic rings. The number of nitrogens with zero attached hydrogens (tertiary/aromatic N) is 1. The average Bonchev–Trinajstić information content (AvgIpc) is 2.61. The van der Waals surface area contributed by atoms with Gasteiger partial charge < -0.3 is 0 Å². The number of halogens is 1. The van der Waals surface area contributed by atoms with Crippen molar-refractivity contribution in [2.24, 2.45) is 5.92 Å². The Hall–Kier alpha value is 0.0900. The van der Waals surface area contributed by atoms with Crippen LogP contribution in [0.4, 0.5) is 0 Å². The van der Waals surface area contributed by atoms with E-state index in [9.17, 15) is 8.42 Å². The van der Waals surface area contributed by atoms with Gasteiger partial charge in [0.2, 0.25) is 10.0 Å². The zero-order valence-electron chi connectivity index (χ0n) is 10.4. The van der Waals surface area contributed by atoms with Crippen molar-refractivity contribution in [2.45, 2.75) is 32.2 Å². The van der Waals surface area contributed by atoms with Gasteiger partial charge in [-0.15, -0.1) is 11.3 Å². The molecule has 1 aliphatic rings. The summed E-state index contributed by atoms with van der Waals surface area (Å²) in [6.45, 7) is 0.467. The van der Waals surface area contributed by atoms with Crippen LogP contribution in [-0.2, 0) is 16.6 Å². The van der Waals surface area contributed by atoms with Crippen molar-refractivity contribution in [3.63, 3.8) is 0 Å². The summed E-state index contributed by atoms with van der Waals surface area (Å²) in [6, 6.07) is 1.97. The molecule has 102 valence electrons. The second kappa shape index (κ2) is 6.03. The van der Waals surface area contributed by atoms with Gasteiger partial charge in [-0.2, -0.15) is 0 Å². The van der Waals surface area contributed by atoms with Gasteiger partial charge in [0.15, 0.2) is 0 Å². The Morgan fingerprint density at radius 3 is 2.72 bits per heavy atom. The molecule has 6 heteroatoms. The molecule has 0 aromatic carbocycles. The molecule has 0 aliphatic heterocycles. The first-order valence-corrected chi connectivity index (χ1v) is 9.42. The van der Waals surface area contributed by atoms with Crippen LogP contribution in [-0.4, -0.2) is 25.5 Å². The van der Waals surface area contributed by atoms with Crippen LogP contribution in [0, 0.1) is 5.92 Å². The lowest BCUT2D eigenvalue weighted by Crippen LogP contribution is -2.30. The quantitative estimate of drug-likeness (QED) is 0.786. The molecular weight excluding hydrogens is 334 g/mol. The van der Waals surface area contributed by atoms with E-state index in [1.807, 2.05) is 11.4 Å². The van der Waals surface area contributed by atoms with Gasteiger partial charge in [-0.05, 0) is 45.3 Å². The molecule has 0 spiro atoms. The molecule has 0 amide bonds. The highest BCUT2D eigenvalue weighted by atomic mass is 79.9.